The van der Waals surface area contributed by atoms with E-state index in [0.29, 0.717) is 12.5 Å². The minimum atomic E-state index is -0.0709. The summed E-state index contributed by atoms with van der Waals surface area (Å²) in [6, 6.07) is 14.9. The van der Waals surface area contributed by atoms with Gasteiger partial charge in [-0.15, -0.1) is 0 Å². The standard InChI is InChI=1S/C24H33N3O/c1-18-5-8-21(9-6-18)15-25-24(28)26-16-22-10-12-27(13-11-22)17-23-14-19(2)4-7-20(23)3/h4-9,14,22H,10-13,15-17H2,1-3H3,(H2,25,26,28). The Balaban J connectivity index is 1.35. The lowest BCUT2D eigenvalue weighted by molar-refractivity contribution is 0.174. The number of aryl methyl sites for hydroxylation is 3. The van der Waals surface area contributed by atoms with Gasteiger partial charge in [-0.1, -0.05) is 53.6 Å². The highest BCUT2D eigenvalue weighted by atomic mass is 16.2. The van der Waals surface area contributed by atoms with E-state index >= 15 is 0 Å². The Morgan fingerprint density at radius 2 is 1.64 bits per heavy atom. The van der Waals surface area contributed by atoms with Gasteiger partial charge < -0.3 is 10.6 Å². The lowest BCUT2D eigenvalue weighted by atomic mass is 9.96. The number of urea groups is 1. The Hall–Kier alpha value is -2.33. The van der Waals surface area contributed by atoms with E-state index in [1.807, 2.05) is 0 Å². The summed E-state index contributed by atoms with van der Waals surface area (Å²) in [6.07, 6.45) is 2.28. The molecular formula is C24H33N3O. The number of likely N-dealkylation sites (tertiary alicyclic amines) is 1. The van der Waals surface area contributed by atoms with Gasteiger partial charge in [-0.2, -0.15) is 0 Å². The van der Waals surface area contributed by atoms with Crippen molar-refractivity contribution in [1.29, 1.82) is 0 Å². The number of benzene rings is 2. The van der Waals surface area contributed by atoms with Crippen molar-refractivity contribution in [2.45, 2.75) is 46.7 Å². The van der Waals surface area contributed by atoms with Gasteiger partial charge in [-0.3, -0.25) is 4.90 Å². The van der Waals surface area contributed by atoms with Crippen LogP contribution in [0.15, 0.2) is 42.5 Å². The minimum Gasteiger partial charge on any atom is -0.338 e. The van der Waals surface area contributed by atoms with Crippen LogP contribution in [-0.2, 0) is 13.1 Å². The lowest BCUT2D eigenvalue weighted by Gasteiger charge is -2.32. The van der Waals surface area contributed by atoms with Crippen LogP contribution in [0.3, 0.4) is 0 Å². The predicted molar refractivity (Wildman–Crippen MR) is 115 cm³/mol. The third kappa shape index (κ3) is 6.10. The van der Waals surface area contributed by atoms with Crippen LogP contribution in [-0.4, -0.2) is 30.6 Å². The van der Waals surface area contributed by atoms with Gasteiger partial charge in [0.05, 0.1) is 0 Å². The van der Waals surface area contributed by atoms with Crippen LogP contribution in [0.1, 0.15) is 40.7 Å². The summed E-state index contributed by atoms with van der Waals surface area (Å²) in [6.45, 7) is 11.0. The first-order valence-electron chi connectivity index (χ1n) is 10.4. The molecule has 2 amide bonds. The van der Waals surface area contributed by atoms with E-state index in [2.05, 4.69) is 78.8 Å². The molecule has 1 aliphatic rings. The van der Waals surface area contributed by atoms with Crippen molar-refractivity contribution in [2.75, 3.05) is 19.6 Å². The minimum absolute atomic E-state index is 0.0709. The number of piperidine rings is 1. The SMILES string of the molecule is Cc1ccc(CNC(=O)NCC2CCN(Cc3cc(C)ccc3C)CC2)cc1. The topological polar surface area (TPSA) is 44.4 Å². The summed E-state index contributed by atoms with van der Waals surface area (Å²) in [5.74, 6) is 0.569. The van der Waals surface area contributed by atoms with Gasteiger partial charge in [-0.05, 0) is 69.3 Å². The number of carbonyl (C=O) groups excluding carboxylic acids is 1. The van der Waals surface area contributed by atoms with E-state index in [-0.39, 0.29) is 6.03 Å². The summed E-state index contributed by atoms with van der Waals surface area (Å²) in [5, 5.41) is 6.00. The summed E-state index contributed by atoms with van der Waals surface area (Å²) >= 11 is 0. The zero-order valence-corrected chi connectivity index (χ0v) is 17.4. The first kappa shape index (κ1) is 20.4. The number of nitrogens with zero attached hydrogens (tertiary/aromatic N) is 1. The molecule has 2 N–H and O–H groups in total. The summed E-state index contributed by atoms with van der Waals surface area (Å²) in [5.41, 5.74) is 6.50. The maximum absolute atomic E-state index is 12.1. The molecule has 4 heteroatoms. The van der Waals surface area contributed by atoms with Crippen LogP contribution in [0, 0.1) is 26.7 Å². The van der Waals surface area contributed by atoms with Crippen molar-refractivity contribution in [2.24, 2.45) is 5.92 Å². The Morgan fingerprint density at radius 3 is 2.36 bits per heavy atom. The molecule has 1 fully saturated rings. The fourth-order valence-electron chi connectivity index (χ4n) is 3.75. The second-order valence-corrected chi connectivity index (χ2v) is 8.20. The van der Waals surface area contributed by atoms with Crippen LogP contribution in [0.25, 0.3) is 0 Å². The van der Waals surface area contributed by atoms with E-state index in [0.717, 1.165) is 44.6 Å². The molecule has 1 heterocycles. The number of nitrogens with one attached hydrogen (secondary N) is 2. The molecule has 0 atom stereocenters. The molecule has 0 spiro atoms. The molecule has 1 saturated heterocycles. The molecule has 150 valence electrons. The molecule has 2 aromatic carbocycles. The fourth-order valence-corrected chi connectivity index (χ4v) is 3.75. The van der Waals surface area contributed by atoms with Crippen LogP contribution in [0.4, 0.5) is 4.79 Å². The zero-order valence-electron chi connectivity index (χ0n) is 17.4. The number of amides is 2. The van der Waals surface area contributed by atoms with Crippen LogP contribution >= 0.6 is 0 Å². The Kier molecular flexibility index (Phi) is 7.10. The molecular weight excluding hydrogens is 346 g/mol. The van der Waals surface area contributed by atoms with Crippen molar-refractivity contribution in [3.05, 3.63) is 70.3 Å². The number of hydrogen-bond acceptors (Lipinski definition) is 2. The number of rotatable bonds is 6. The van der Waals surface area contributed by atoms with E-state index in [4.69, 9.17) is 0 Å². The second kappa shape index (κ2) is 9.74. The molecule has 1 aliphatic heterocycles. The van der Waals surface area contributed by atoms with E-state index in [1.54, 1.807) is 0 Å². The molecule has 0 saturated carbocycles. The number of hydrogen-bond donors (Lipinski definition) is 2. The molecule has 0 bridgehead atoms. The predicted octanol–water partition coefficient (Wildman–Crippen LogP) is 4.32. The molecule has 3 rings (SSSR count). The average Bonchev–Trinajstić information content (AvgIpc) is 2.70. The van der Waals surface area contributed by atoms with Crippen molar-refractivity contribution in [1.82, 2.24) is 15.5 Å². The van der Waals surface area contributed by atoms with Crippen LogP contribution < -0.4 is 10.6 Å². The Morgan fingerprint density at radius 1 is 0.964 bits per heavy atom. The first-order chi connectivity index (χ1) is 13.5. The quantitative estimate of drug-likeness (QED) is 0.785. The van der Waals surface area contributed by atoms with Gasteiger partial charge in [0, 0.05) is 19.6 Å². The zero-order chi connectivity index (χ0) is 19.9. The monoisotopic (exact) mass is 379 g/mol. The molecule has 28 heavy (non-hydrogen) atoms. The molecule has 2 aromatic rings. The molecule has 0 radical (unpaired) electrons. The Labute approximate surface area is 169 Å². The average molecular weight is 380 g/mol. The maximum atomic E-state index is 12.1. The van der Waals surface area contributed by atoms with Gasteiger partial charge in [0.25, 0.3) is 0 Å². The van der Waals surface area contributed by atoms with Crippen molar-refractivity contribution >= 4 is 6.03 Å². The van der Waals surface area contributed by atoms with Gasteiger partial charge >= 0.3 is 6.03 Å². The lowest BCUT2D eigenvalue weighted by Crippen LogP contribution is -2.41. The van der Waals surface area contributed by atoms with Gasteiger partial charge in [0.15, 0.2) is 0 Å². The van der Waals surface area contributed by atoms with Crippen LogP contribution in [0.2, 0.25) is 0 Å². The third-order valence-corrected chi connectivity index (χ3v) is 5.73. The highest BCUT2D eigenvalue weighted by Crippen LogP contribution is 2.20. The van der Waals surface area contributed by atoms with Gasteiger partial charge in [0.2, 0.25) is 0 Å². The van der Waals surface area contributed by atoms with Gasteiger partial charge in [-0.25, -0.2) is 4.79 Å². The van der Waals surface area contributed by atoms with E-state index in [1.165, 1.54) is 22.3 Å². The largest absolute Gasteiger partial charge is 0.338 e. The second-order valence-electron chi connectivity index (χ2n) is 8.20. The summed E-state index contributed by atoms with van der Waals surface area (Å²) in [4.78, 5) is 14.6. The van der Waals surface area contributed by atoms with Gasteiger partial charge in [0.1, 0.15) is 0 Å². The van der Waals surface area contributed by atoms with E-state index in [9.17, 15) is 4.79 Å². The summed E-state index contributed by atoms with van der Waals surface area (Å²) < 4.78 is 0. The highest BCUT2D eigenvalue weighted by molar-refractivity contribution is 5.73. The van der Waals surface area contributed by atoms with Crippen molar-refractivity contribution in [3.8, 4) is 0 Å². The molecule has 0 aromatic heterocycles. The Bertz CT molecular complexity index is 777. The van der Waals surface area contributed by atoms with Crippen molar-refractivity contribution < 1.29 is 4.79 Å². The normalized spacial score (nSPS) is 15.4. The maximum Gasteiger partial charge on any atom is 0.315 e. The first-order valence-corrected chi connectivity index (χ1v) is 10.4. The fraction of sp³-hybridized carbons (Fsp3) is 0.458. The third-order valence-electron chi connectivity index (χ3n) is 5.73. The smallest absolute Gasteiger partial charge is 0.315 e. The number of carbonyl (C=O) groups is 1. The van der Waals surface area contributed by atoms with Crippen molar-refractivity contribution in [3.63, 3.8) is 0 Å². The summed E-state index contributed by atoms with van der Waals surface area (Å²) in [7, 11) is 0. The van der Waals surface area contributed by atoms with E-state index < -0.39 is 0 Å². The molecule has 0 unspecified atom stereocenters. The molecule has 0 aliphatic carbocycles. The highest BCUT2D eigenvalue weighted by Gasteiger charge is 2.20. The molecule has 4 nitrogen and oxygen atoms in total. The van der Waals surface area contributed by atoms with Crippen LogP contribution in [0.5, 0.6) is 0 Å².